The van der Waals surface area contributed by atoms with E-state index >= 15 is 0 Å². The van der Waals surface area contributed by atoms with Crippen LogP contribution in [0.2, 0.25) is 5.15 Å². The molecule has 2 heterocycles. The smallest absolute Gasteiger partial charge is 0.233 e. The van der Waals surface area contributed by atoms with Crippen molar-refractivity contribution in [2.75, 3.05) is 10.5 Å². The molecule has 7 heteroatoms. The summed E-state index contributed by atoms with van der Waals surface area (Å²) in [7, 11) is -3.47. The lowest BCUT2D eigenvalue weighted by Crippen LogP contribution is -2.18. The third-order valence-corrected chi connectivity index (χ3v) is 3.95. The highest BCUT2D eigenvalue weighted by Crippen LogP contribution is 2.19. The van der Waals surface area contributed by atoms with Crippen molar-refractivity contribution in [3.63, 3.8) is 0 Å². The second kappa shape index (κ2) is 5.99. The zero-order valence-electron chi connectivity index (χ0n) is 9.95. The summed E-state index contributed by atoms with van der Waals surface area (Å²) in [6.07, 6.45) is 3.47. The Balaban J connectivity index is 2.02. The van der Waals surface area contributed by atoms with Crippen LogP contribution in [0.1, 0.15) is 5.69 Å². The maximum absolute atomic E-state index is 11.9. The van der Waals surface area contributed by atoms with Crippen molar-refractivity contribution in [2.24, 2.45) is 0 Å². The first kappa shape index (κ1) is 13.8. The van der Waals surface area contributed by atoms with Crippen molar-refractivity contribution in [3.8, 4) is 0 Å². The van der Waals surface area contributed by atoms with Crippen LogP contribution in [0.3, 0.4) is 0 Å². The predicted molar refractivity (Wildman–Crippen MR) is 74.6 cm³/mol. The van der Waals surface area contributed by atoms with Crippen molar-refractivity contribution in [2.45, 2.75) is 6.42 Å². The van der Waals surface area contributed by atoms with Gasteiger partial charge in [-0.1, -0.05) is 17.7 Å². The first-order valence-electron chi connectivity index (χ1n) is 5.58. The molecule has 0 bridgehead atoms. The largest absolute Gasteiger partial charge is 0.280 e. The summed E-state index contributed by atoms with van der Waals surface area (Å²) in [5.74, 6) is -0.0603. The van der Waals surface area contributed by atoms with Gasteiger partial charge in [-0.3, -0.25) is 9.71 Å². The predicted octanol–water partition coefficient (Wildman–Crippen LogP) is 2.11. The summed E-state index contributed by atoms with van der Waals surface area (Å²) >= 11 is 5.80. The zero-order chi connectivity index (χ0) is 13.7. The molecule has 0 amide bonds. The van der Waals surface area contributed by atoms with Gasteiger partial charge in [0.2, 0.25) is 10.0 Å². The minimum absolute atomic E-state index is 0.0603. The highest BCUT2D eigenvalue weighted by atomic mass is 35.5. The van der Waals surface area contributed by atoms with E-state index in [4.69, 9.17) is 11.6 Å². The first-order chi connectivity index (χ1) is 9.07. The van der Waals surface area contributed by atoms with Crippen LogP contribution in [-0.4, -0.2) is 24.1 Å². The SMILES string of the molecule is O=S(=O)(CCc1ccccn1)Nc1cccnc1Cl. The summed E-state index contributed by atoms with van der Waals surface area (Å²) in [5, 5.41) is 0.129. The topological polar surface area (TPSA) is 72.0 Å². The number of aryl methyl sites for hydroxylation is 1. The van der Waals surface area contributed by atoms with Gasteiger partial charge < -0.3 is 0 Å². The number of anilines is 1. The van der Waals surface area contributed by atoms with E-state index in [9.17, 15) is 8.42 Å². The molecule has 0 saturated heterocycles. The Hall–Kier alpha value is -1.66. The molecule has 0 aliphatic heterocycles. The number of aromatic nitrogens is 2. The van der Waals surface area contributed by atoms with E-state index in [2.05, 4.69) is 14.7 Å². The number of nitrogens with one attached hydrogen (secondary N) is 1. The third-order valence-electron chi connectivity index (χ3n) is 2.38. The van der Waals surface area contributed by atoms with Crippen LogP contribution in [0.5, 0.6) is 0 Å². The first-order valence-corrected chi connectivity index (χ1v) is 7.61. The van der Waals surface area contributed by atoms with Crippen LogP contribution in [-0.2, 0) is 16.4 Å². The van der Waals surface area contributed by atoms with E-state index < -0.39 is 10.0 Å². The molecule has 0 atom stereocenters. The van der Waals surface area contributed by atoms with Gasteiger partial charge in [-0.25, -0.2) is 13.4 Å². The van der Waals surface area contributed by atoms with Gasteiger partial charge in [-0.2, -0.15) is 0 Å². The van der Waals surface area contributed by atoms with Gasteiger partial charge in [0.05, 0.1) is 11.4 Å². The molecule has 0 fully saturated rings. The Morgan fingerprint density at radius 3 is 2.58 bits per heavy atom. The molecule has 2 aromatic rings. The third kappa shape index (κ3) is 4.18. The van der Waals surface area contributed by atoms with Gasteiger partial charge in [0.1, 0.15) is 0 Å². The Kier molecular flexibility index (Phi) is 4.34. The van der Waals surface area contributed by atoms with Crippen molar-refractivity contribution >= 4 is 27.3 Å². The average molecular weight is 298 g/mol. The average Bonchev–Trinajstić information content (AvgIpc) is 2.40. The maximum Gasteiger partial charge on any atom is 0.233 e. The van der Waals surface area contributed by atoms with Crippen LogP contribution in [0.15, 0.2) is 42.7 Å². The van der Waals surface area contributed by atoms with E-state index in [1.165, 1.54) is 6.20 Å². The van der Waals surface area contributed by atoms with Crippen molar-refractivity contribution < 1.29 is 8.42 Å². The van der Waals surface area contributed by atoms with Crippen LogP contribution in [0.25, 0.3) is 0 Å². The number of nitrogens with zero attached hydrogens (tertiary/aromatic N) is 2. The van der Waals surface area contributed by atoms with Gasteiger partial charge in [0, 0.05) is 24.5 Å². The maximum atomic E-state index is 11.9. The fraction of sp³-hybridized carbons (Fsp3) is 0.167. The molecule has 0 unspecified atom stereocenters. The van der Waals surface area contributed by atoms with Crippen LogP contribution in [0, 0.1) is 0 Å². The van der Waals surface area contributed by atoms with Crippen LogP contribution >= 0.6 is 11.6 Å². The summed E-state index contributed by atoms with van der Waals surface area (Å²) in [5.41, 5.74) is 1.01. The van der Waals surface area contributed by atoms with Gasteiger partial charge in [-0.15, -0.1) is 0 Å². The zero-order valence-corrected chi connectivity index (χ0v) is 11.5. The summed E-state index contributed by atoms with van der Waals surface area (Å²) < 4.78 is 26.2. The molecule has 100 valence electrons. The second-order valence-corrected chi connectivity index (χ2v) is 6.03. The lowest BCUT2D eigenvalue weighted by Gasteiger charge is -2.08. The van der Waals surface area contributed by atoms with E-state index in [-0.39, 0.29) is 16.6 Å². The van der Waals surface area contributed by atoms with Gasteiger partial charge in [0.15, 0.2) is 5.15 Å². The van der Waals surface area contributed by atoms with Crippen molar-refractivity contribution in [1.82, 2.24) is 9.97 Å². The van der Waals surface area contributed by atoms with Crippen molar-refractivity contribution in [3.05, 3.63) is 53.6 Å². The molecule has 0 spiro atoms. The van der Waals surface area contributed by atoms with Gasteiger partial charge in [0.25, 0.3) is 0 Å². The van der Waals surface area contributed by atoms with Crippen LogP contribution in [0.4, 0.5) is 5.69 Å². The molecule has 0 aliphatic carbocycles. The Morgan fingerprint density at radius 2 is 1.89 bits per heavy atom. The van der Waals surface area contributed by atoms with Gasteiger partial charge >= 0.3 is 0 Å². The number of hydrogen-bond donors (Lipinski definition) is 1. The van der Waals surface area contributed by atoms with E-state index in [0.717, 1.165) is 5.69 Å². The van der Waals surface area contributed by atoms with E-state index in [1.54, 1.807) is 30.5 Å². The molecule has 2 aromatic heterocycles. The molecule has 1 N–H and O–H groups in total. The summed E-state index contributed by atoms with van der Waals surface area (Å²) in [6, 6.07) is 8.56. The quantitative estimate of drug-likeness (QED) is 0.858. The molecule has 5 nitrogen and oxygen atoms in total. The highest BCUT2D eigenvalue weighted by molar-refractivity contribution is 7.92. The fourth-order valence-corrected chi connectivity index (χ4v) is 2.77. The van der Waals surface area contributed by atoms with Crippen molar-refractivity contribution in [1.29, 1.82) is 0 Å². The molecule has 0 aromatic carbocycles. The monoisotopic (exact) mass is 297 g/mol. The fourth-order valence-electron chi connectivity index (χ4n) is 1.47. The molecular formula is C12H12ClN3O2S. The molecule has 2 rings (SSSR count). The van der Waals surface area contributed by atoms with Gasteiger partial charge in [-0.05, 0) is 24.3 Å². The number of halogens is 1. The van der Waals surface area contributed by atoms with E-state index in [1.807, 2.05) is 6.07 Å². The molecule has 0 aliphatic rings. The minimum Gasteiger partial charge on any atom is -0.280 e. The molecular weight excluding hydrogens is 286 g/mol. The standard InChI is InChI=1S/C12H12ClN3O2S/c13-12-11(5-3-8-15-12)16-19(17,18)9-6-10-4-1-2-7-14-10/h1-5,7-8,16H,6,9H2. The Labute approximate surface area is 116 Å². The number of pyridine rings is 2. The molecule has 0 saturated carbocycles. The normalized spacial score (nSPS) is 11.2. The lowest BCUT2D eigenvalue weighted by molar-refractivity contribution is 0.600. The second-order valence-electron chi connectivity index (χ2n) is 3.83. The van der Waals surface area contributed by atoms with Crippen LogP contribution < -0.4 is 4.72 Å². The summed E-state index contributed by atoms with van der Waals surface area (Å²) in [6.45, 7) is 0. The lowest BCUT2D eigenvalue weighted by atomic mass is 10.3. The number of rotatable bonds is 5. The number of sulfonamides is 1. The number of hydrogen-bond acceptors (Lipinski definition) is 4. The molecule has 19 heavy (non-hydrogen) atoms. The Morgan fingerprint density at radius 1 is 1.11 bits per heavy atom. The Bertz CT molecular complexity index is 647. The highest BCUT2D eigenvalue weighted by Gasteiger charge is 2.13. The summed E-state index contributed by atoms with van der Waals surface area (Å²) in [4.78, 5) is 7.88. The molecule has 0 radical (unpaired) electrons. The van der Waals surface area contributed by atoms with E-state index in [0.29, 0.717) is 6.42 Å². The minimum atomic E-state index is -3.47.